The number of ketones is 1. The van der Waals surface area contributed by atoms with Gasteiger partial charge in [-0.2, -0.15) is 0 Å². The normalized spacial score (nSPS) is 11.3. The van der Waals surface area contributed by atoms with Crippen molar-refractivity contribution in [2.45, 2.75) is 27.2 Å². The maximum absolute atomic E-state index is 12.2. The van der Waals surface area contributed by atoms with Gasteiger partial charge in [-0.3, -0.25) is 4.79 Å². The van der Waals surface area contributed by atoms with Crippen LogP contribution < -0.4 is 4.90 Å². The fourth-order valence-electron chi connectivity index (χ4n) is 1.46. The van der Waals surface area contributed by atoms with Crippen LogP contribution in [0.25, 0.3) is 0 Å². The average Bonchev–Trinajstić information content (AvgIpc) is 2.28. The van der Waals surface area contributed by atoms with E-state index in [-0.39, 0.29) is 11.2 Å². The van der Waals surface area contributed by atoms with Crippen molar-refractivity contribution in [3.05, 3.63) is 29.8 Å². The number of Topliss-reactive ketones (excluding diaryl/α,β-unsaturated/α-hetero) is 1. The predicted octanol–water partition coefficient (Wildman–Crippen LogP) is 3.37. The van der Waals surface area contributed by atoms with Gasteiger partial charge in [-0.15, -0.1) is 0 Å². The highest BCUT2D eigenvalue weighted by Gasteiger charge is 2.26. The highest BCUT2D eigenvalue weighted by atomic mass is 16.1. The standard InChI is InChI=1S/C14H21NO/c1-6-14(2,3)13(16)11-7-9-12(10-8-11)15(4)5/h7-10H,6H2,1-5H3. The molecule has 0 aliphatic carbocycles. The third kappa shape index (κ3) is 2.63. The minimum atomic E-state index is -0.264. The third-order valence-corrected chi connectivity index (χ3v) is 3.14. The summed E-state index contributed by atoms with van der Waals surface area (Å²) in [5, 5.41) is 0. The molecule has 0 heterocycles. The van der Waals surface area contributed by atoms with Gasteiger partial charge in [0, 0.05) is 30.8 Å². The fourth-order valence-corrected chi connectivity index (χ4v) is 1.46. The summed E-state index contributed by atoms with van der Waals surface area (Å²) >= 11 is 0. The molecule has 0 aliphatic heterocycles. The van der Waals surface area contributed by atoms with Crippen molar-refractivity contribution in [1.82, 2.24) is 0 Å². The summed E-state index contributed by atoms with van der Waals surface area (Å²) in [4.78, 5) is 14.2. The molecule has 1 aromatic rings. The highest BCUT2D eigenvalue weighted by molar-refractivity contribution is 6.00. The Kier molecular flexibility index (Phi) is 3.74. The molecule has 0 spiro atoms. The van der Waals surface area contributed by atoms with Gasteiger partial charge in [-0.1, -0.05) is 20.8 Å². The number of hydrogen-bond donors (Lipinski definition) is 0. The van der Waals surface area contributed by atoms with E-state index in [9.17, 15) is 4.79 Å². The van der Waals surface area contributed by atoms with Crippen LogP contribution in [0.5, 0.6) is 0 Å². The van der Waals surface area contributed by atoms with E-state index >= 15 is 0 Å². The number of rotatable bonds is 4. The lowest BCUT2D eigenvalue weighted by Gasteiger charge is -2.21. The predicted molar refractivity (Wildman–Crippen MR) is 69.2 cm³/mol. The highest BCUT2D eigenvalue weighted by Crippen LogP contribution is 2.26. The quantitative estimate of drug-likeness (QED) is 0.724. The minimum Gasteiger partial charge on any atom is -0.378 e. The molecular weight excluding hydrogens is 198 g/mol. The molecule has 0 radical (unpaired) electrons. The van der Waals surface area contributed by atoms with E-state index in [0.29, 0.717) is 0 Å². The van der Waals surface area contributed by atoms with Gasteiger partial charge in [-0.05, 0) is 30.7 Å². The SMILES string of the molecule is CCC(C)(C)C(=O)c1ccc(N(C)C)cc1. The van der Waals surface area contributed by atoms with Gasteiger partial charge < -0.3 is 4.90 Å². The maximum Gasteiger partial charge on any atom is 0.168 e. The number of hydrogen-bond acceptors (Lipinski definition) is 2. The molecule has 0 aliphatic rings. The number of nitrogens with zero attached hydrogens (tertiary/aromatic N) is 1. The summed E-state index contributed by atoms with van der Waals surface area (Å²) in [5.74, 6) is 0.223. The third-order valence-electron chi connectivity index (χ3n) is 3.14. The zero-order valence-electron chi connectivity index (χ0n) is 10.9. The number of carbonyl (C=O) groups excluding carboxylic acids is 1. The molecule has 0 saturated heterocycles. The van der Waals surface area contributed by atoms with Crippen LogP contribution in [0.15, 0.2) is 24.3 Å². The fraction of sp³-hybridized carbons (Fsp3) is 0.500. The van der Waals surface area contributed by atoms with Crippen molar-refractivity contribution in [3.63, 3.8) is 0 Å². The second-order valence-corrected chi connectivity index (χ2v) is 5.01. The van der Waals surface area contributed by atoms with Crippen molar-refractivity contribution >= 4 is 11.5 Å². The molecule has 0 aromatic heterocycles. The Morgan fingerprint density at radius 3 is 2.06 bits per heavy atom. The van der Waals surface area contributed by atoms with Gasteiger partial charge in [0.1, 0.15) is 0 Å². The second-order valence-electron chi connectivity index (χ2n) is 5.01. The monoisotopic (exact) mass is 219 g/mol. The Bertz CT molecular complexity index is 363. The van der Waals surface area contributed by atoms with Crippen LogP contribution in [-0.2, 0) is 0 Å². The molecule has 0 bridgehead atoms. The van der Waals surface area contributed by atoms with Crippen LogP contribution in [0.3, 0.4) is 0 Å². The van der Waals surface area contributed by atoms with Crippen molar-refractivity contribution in [2.75, 3.05) is 19.0 Å². The second kappa shape index (κ2) is 4.69. The molecule has 16 heavy (non-hydrogen) atoms. The van der Waals surface area contributed by atoms with E-state index in [4.69, 9.17) is 0 Å². The van der Waals surface area contributed by atoms with Crippen LogP contribution in [0, 0.1) is 5.41 Å². The van der Waals surface area contributed by atoms with Crippen molar-refractivity contribution < 1.29 is 4.79 Å². The number of carbonyl (C=O) groups is 1. The topological polar surface area (TPSA) is 20.3 Å². The first-order chi connectivity index (χ1) is 7.38. The van der Waals surface area contributed by atoms with Crippen LogP contribution in [0.2, 0.25) is 0 Å². The van der Waals surface area contributed by atoms with Gasteiger partial charge in [0.15, 0.2) is 5.78 Å². The largest absolute Gasteiger partial charge is 0.378 e. The summed E-state index contributed by atoms with van der Waals surface area (Å²) in [7, 11) is 3.99. The zero-order chi connectivity index (χ0) is 12.3. The Labute approximate surface area is 98.3 Å². The lowest BCUT2D eigenvalue weighted by Crippen LogP contribution is -2.23. The first-order valence-electron chi connectivity index (χ1n) is 5.70. The van der Waals surface area contributed by atoms with Gasteiger partial charge in [0.25, 0.3) is 0 Å². The van der Waals surface area contributed by atoms with Crippen molar-refractivity contribution in [1.29, 1.82) is 0 Å². The zero-order valence-corrected chi connectivity index (χ0v) is 10.9. The van der Waals surface area contributed by atoms with E-state index in [1.807, 2.05) is 64.0 Å². The summed E-state index contributed by atoms with van der Waals surface area (Å²) in [5.41, 5.74) is 1.66. The molecule has 1 rings (SSSR count). The van der Waals surface area contributed by atoms with Gasteiger partial charge >= 0.3 is 0 Å². The molecule has 2 heteroatoms. The van der Waals surface area contributed by atoms with Gasteiger partial charge in [0.2, 0.25) is 0 Å². The number of anilines is 1. The molecule has 0 amide bonds. The molecule has 1 aromatic carbocycles. The summed E-state index contributed by atoms with van der Waals surface area (Å²) in [6.07, 6.45) is 0.862. The molecule has 2 nitrogen and oxygen atoms in total. The van der Waals surface area contributed by atoms with Crippen molar-refractivity contribution in [3.8, 4) is 0 Å². The van der Waals surface area contributed by atoms with Crippen LogP contribution in [0.1, 0.15) is 37.6 Å². The first kappa shape index (κ1) is 12.8. The van der Waals surface area contributed by atoms with E-state index in [1.54, 1.807) is 0 Å². The maximum atomic E-state index is 12.2. The molecular formula is C14H21NO. The first-order valence-corrected chi connectivity index (χ1v) is 5.70. The molecule has 0 N–H and O–H groups in total. The molecule has 88 valence electrons. The van der Waals surface area contributed by atoms with Gasteiger partial charge in [0.05, 0.1) is 0 Å². The average molecular weight is 219 g/mol. The summed E-state index contributed by atoms with van der Waals surface area (Å²) < 4.78 is 0. The molecule has 0 fully saturated rings. The molecule has 0 unspecified atom stereocenters. The van der Waals surface area contributed by atoms with Crippen LogP contribution >= 0.6 is 0 Å². The Morgan fingerprint density at radius 1 is 1.19 bits per heavy atom. The smallest absolute Gasteiger partial charge is 0.168 e. The summed E-state index contributed by atoms with van der Waals surface area (Å²) in [6.45, 7) is 6.04. The van der Waals surface area contributed by atoms with Crippen LogP contribution in [0.4, 0.5) is 5.69 Å². The van der Waals surface area contributed by atoms with E-state index < -0.39 is 0 Å². The van der Waals surface area contributed by atoms with E-state index in [2.05, 4.69) is 0 Å². The minimum absolute atomic E-state index is 0.223. The molecule has 0 atom stereocenters. The van der Waals surface area contributed by atoms with E-state index in [1.165, 1.54) is 0 Å². The Balaban J connectivity index is 2.94. The van der Waals surface area contributed by atoms with E-state index in [0.717, 1.165) is 17.7 Å². The lowest BCUT2D eigenvalue weighted by atomic mass is 9.82. The summed E-state index contributed by atoms with van der Waals surface area (Å²) in [6, 6.07) is 7.79. The van der Waals surface area contributed by atoms with Crippen molar-refractivity contribution in [2.24, 2.45) is 5.41 Å². The lowest BCUT2D eigenvalue weighted by molar-refractivity contribution is 0.0833. The Hall–Kier alpha value is -1.31. The number of benzene rings is 1. The van der Waals surface area contributed by atoms with Gasteiger partial charge in [-0.25, -0.2) is 0 Å². The Morgan fingerprint density at radius 2 is 1.69 bits per heavy atom. The van der Waals surface area contributed by atoms with Crippen LogP contribution in [-0.4, -0.2) is 19.9 Å². The molecule has 0 saturated carbocycles.